The molecule has 0 fully saturated rings. The van der Waals surface area contributed by atoms with Crippen LogP contribution in [0.5, 0.6) is 0 Å². The van der Waals surface area contributed by atoms with Crippen molar-refractivity contribution in [3.63, 3.8) is 0 Å². The van der Waals surface area contributed by atoms with Gasteiger partial charge in [0, 0.05) is 16.3 Å². The number of hydrogen-bond donors (Lipinski definition) is 1. The van der Waals surface area contributed by atoms with E-state index in [2.05, 4.69) is 10.1 Å². The summed E-state index contributed by atoms with van der Waals surface area (Å²) < 4.78 is 33.3. The molecule has 0 aromatic heterocycles. The fourth-order valence-electron chi connectivity index (χ4n) is 3.81. The standard InChI is InChI=1S/C29H25ClN2O5S/c1-20-8-15-24(30)18-27(20)32(38(35,36)26-6-4-3-5-7-26)19-21-9-11-22(12-10-21)28(33)31-25-16-13-23(14-17-25)29(34)37-2/h3-18H,19H2,1-2H3,(H,31,33). The molecule has 0 unspecified atom stereocenters. The van der Waals surface area contributed by atoms with Crippen LogP contribution in [0.4, 0.5) is 11.4 Å². The number of esters is 1. The fourth-order valence-corrected chi connectivity index (χ4v) is 5.51. The third-order valence-corrected chi connectivity index (χ3v) is 7.89. The number of methoxy groups -OCH3 is 1. The topological polar surface area (TPSA) is 92.8 Å². The molecule has 0 bridgehead atoms. The van der Waals surface area contributed by atoms with Gasteiger partial charge in [0.15, 0.2) is 0 Å². The quantitative estimate of drug-likeness (QED) is 0.269. The molecule has 1 amide bonds. The van der Waals surface area contributed by atoms with Gasteiger partial charge in [0.05, 0.1) is 29.8 Å². The number of aryl methyl sites for hydroxylation is 1. The van der Waals surface area contributed by atoms with Crippen molar-refractivity contribution in [1.82, 2.24) is 0 Å². The summed E-state index contributed by atoms with van der Waals surface area (Å²) in [5, 5.41) is 3.20. The van der Waals surface area contributed by atoms with E-state index in [0.717, 1.165) is 5.56 Å². The van der Waals surface area contributed by atoms with Gasteiger partial charge < -0.3 is 10.1 Å². The largest absolute Gasteiger partial charge is 0.465 e. The highest BCUT2D eigenvalue weighted by Gasteiger charge is 2.26. The minimum atomic E-state index is -3.91. The Bertz CT molecular complexity index is 1560. The van der Waals surface area contributed by atoms with Crippen LogP contribution in [0.25, 0.3) is 0 Å². The number of hydrogen-bond acceptors (Lipinski definition) is 5. The molecule has 4 rings (SSSR count). The number of halogens is 1. The van der Waals surface area contributed by atoms with Gasteiger partial charge in [-0.25, -0.2) is 13.2 Å². The summed E-state index contributed by atoms with van der Waals surface area (Å²) in [5.74, 6) is -0.809. The molecule has 0 saturated carbocycles. The third kappa shape index (κ3) is 6.04. The number of nitrogens with one attached hydrogen (secondary N) is 1. The van der Waals surface area contributed by atoms with Crippen molar-refractivity contribution in [2.24, 2.45) is 0 Å². The Morgan fingerprint density at radius 1 is 0.868 bits per heavy atom. The first-order valence-electron chi connectivity index (χ1n) is 11.6. The maximum absolute atomic E-state index is 13.7. The SMILES string of the molecule is COC(=O)c1ccc(NC(=O)c2ccc(CN(c3cc(Cl)ccc3C)S(=O)(=O)c3ccccc3)cc2)cc1. The number of sulfonamides is 1. The zero-order valence-electron chi connectivity index (χ0n) is 20.7. The minimum Gasteiger partial charge on any atom is -0.465 e. The summed E-state index contributed by atoms with van der Waals surface area (Å²) >= 11 is 6.22. The van der Waals surface area contributed by atoms with E-state index in [4.69, 9.17) is 11.6 Å². The number of benzene rings is 4. The van der Waals surface area contributed by atoms with Crippen molar-refractivity contribution < 1.29 is 22.7 Å². The number of anilines is 2. The molecule has 1 N–H and O–H groups in total. The molecule has 38 heavy (non-hydrogen) atoms. The van der Waals surface area contributed by atoms with Crippen LogP contribution in [0.1, 0.15) is 31.8 Å². The highest BCUT2D eigenvalue weighted by molar-refractivity contribution is 7.92. The fraction of sp³-hybridized carbons (Fsp3) is 0.103. The van der Waals surface area contributed by atoms with Gasteiger partial charge in [-0.2, -0.15) is 0 Å². The summed E-state index contributed by atoms with van der Waals surface area (Å²) in [6, 6.07) is 26.3. The molecular formula is C29H25ClN2O5S. The Hall–Kier alpha value is -4.14. The Morgan fingerprint density at radius 3 is 2.13 bits per heavy atom. The molecule has 4 aromatic rings. The highest BCUT2D eigenvalue weighted by Crippen LogP contribution is 2.31. The van der Waals surface area contributed by atoms with E-state index in [1.54, 1.807) is 97.1 Å². The summed E-state index contributed by atoms with van der Waals surface area (Å²) in [6.45, 7) is 1.86. The summed E-state index contributed by atoms with van der Waals surface area (Å²) in [5.41, 5.74) is 3.19. The average molecular weight is 549 g/mol. The first-order valence-corrected chi connectivity index (χ1v) is 13.4. The molecule has 0 spiro atoms. The summed E-state index contributed by atoms with van der Waals surface area (Å²) in [4.78, 5) is 24.5. The normalized spacial score (nSPS) is 11.0. The number of rotatable bonds is 8. The minimum absolute atomic E-state index is 0.0370. The van der Waals surface area contributed by atoms with Crippen LogP contribution in [0.15, 0.2) is 102 Å². The van der Waals surface area contributed by atoms with Gasteiger partial charge >= 0.3 is 5.97 Å². The summed E-state index contributed by atoms with van der Waals surface area (Å²) in [7, 11) is -2.61. The predicted octanol–water partition coefficient (Wildman–Crippen LogP) is 6.08. The van der Waals surface area contributed by atoms with E-state index in [9.17, 15) is 18.0 Å². The van der Waals surface area contributed by atoms with Gasteiger partial charge in [-0.15, -0.1) is 0 Å². The van der Waals surface area contributed by atoms with Crippen LogP contribution in [0.2, 0.25) is 5.02 Å². The van der Waals surface area contributed by atoms with Gasteiger partial charge in [0.1, 0.15) is 0 Å². The molecular weight excluding hydrogens is 524 g/mol. The molecule has 7 nitrogen and oxygen atoms in total. The zero-order valence-corrected chi connectivity index (χ0v) is 22.3. The molecule has 194 valence electrons. The van der Waals surface area contributed by atoms with Crippen molar-refractivity contribution in [2.45, 2.75) is 18.4 Å². The first-order chi connectivity index (χ1) is 18.2. The average Bonchev–Trinajstić information content (AvgIpc) is 2.94. The first kappa shape index (κ1) is 26.9. The number of ether oxygens (including phenoxy) is 1. The molecule has 0 aliphatic carbocycles. The maximum Gasteiger partial charge on any atom is 0.337 e. The Morgan fingerprint density at radius 2 is 1.50 bits per heavy atom. The van der Waals surface area contributed by atoms with E-state index >= 15 is 0 Å². The van der Waals surface area contributed by atoms with Crippen molar-refractivity contribution in [3.8, 4) is 0 Å². The molecule has 0 aliphatic rings. The lowest BCUT2D eigenvalue weighted by molar-refractivity contribution is 0.0600. The van der Waals surface area contributed by atoms with Crippen LogP contribution in [0, 0.1) is 6.92 Å². The second-order valence-electron chi connectivity index (χ2n) is 8.48. The van der Waals surface area contributed by atoms with Crippen LogP contribution >= 0.6 is 11.6 Å². The van der Waals surface area contributed by atoms with Crippen LogP contribution < -0.4 is 9.62 Å². The van der Waals surface area contributed by atoms with Gasteiger partial charge in [-0.05, 0) is 78.7 Å². The highest BCUT2D eigenvalue weighted by atomic mass is 35.5. The monoisotopic (exact) mass is 548 g/mol. The van der Waals surface area contributed by atoms with E-state index in [1.807, 2.05) is 6.92 Å². The third-order valence-electron chi connectivity index (χ3n) is 5.88. The predicted molar refractivity (Wildman–Crippen MR) is 148 cm³/mol. The van der Waals surface area contributed by atoms with Crippen molar-refractivity contribution in [1.29, 1.82) is 0 Å². The maximum atomic E-state index is 13.7. The molecule has 0 radical (unpaired) electrons. The lowest BCUT2D eigenvalue weighted by Crippen LogP contribution is -2.31. The molecule has 0 atom stereocenters. The number of carbonyl (C=O) groups excluding carboxylic acids is 2. The zero-order chi connectivity index (χ0) is 27.3. The van der Waals surface area contributed by atoms with E-state index in [0.29, 0.717) is 33.1 Å². The second kappa shape index (κ2) is 11.5. The van der Waals surface area contributed by atoms with Gasteiger partial charge in [-0.1, -0.05) is 48.0 Å². The molecule has 9 heteroatoms. The molecule has 0 aliphatic heterocycles. The van der Waals surface area contributed by atoms with Crippen molar-refractivity contribution in [3.05, 3.63) is 124 Å². The van der Waals surface area contributed by atoms with E-state index in [1.165, 1.54) is 11.4 Å². The lowest BCUT2D eigenvalue weighted by atomic mass is 10.1. The number of nitrogens with zero attached hydrogens (tertiary/aromatic N) is 1. The van der Waals surface area contributed by atoms with E-state index < -0.39 is 16.0 Å². The molecule has 0 saturated heterocycles. The lowest BCUT2D eigenvalue weighted by Gasteiger charge is -2.26. The second-order valence-corrected chi connectivity index (χ2v) is 10.8. The van der Waals surface area contributed by atoms with Crippen LogP contribution in [-0.4, -0.2) is 27.4 Å². The van der Waals surface area contributed by atoms with E-state index in [-0.39, 0.29) is 17.3 Å². The Kier molecular flexibility index (Phi) is 8.14. The number of carbonyl (C=O) groups is 2. The Balaban J connectivity index is 1.57. The summed E-state index contributed by atoms with van der Waals surface area (Å²) in [6.07, 6.45) is 0. The van der Waals surface area contributed by atoms with Crippen LogP contribution in [0.3, 0.4) is 0 Å². The smallest absolute Gasteiger partial charge is 0.337 e. The van der Waals surface area contributed by atoms with Crippen molar-refractivity contribution in [2.75, 3.05) is 16.7 Å². The molecule has 4 aromatic carbocycles. The molecule has 0 heterocycles. The van der Waals surface area contributed by atoms with Gasteiger partial charge in [0.25, 0.3) is 15.9 Å². The van der Waals surface area contributed by atoms with Gasteiger partial charge in [-0.3, -0.25) is 9.10 Å². The number of amides is 1. The van der Waals surface area contributed by atoms with Crippen LogP contribution in [-0.2, 0) is 21.3 Å². The van der Waals surface area contributed by atoms with Gasteiger partial charge in [0.2, 0.25) is 0 Å². The van der Waals surface area contributed by atoms with Crippen molar-refractivity contribution >= 4 is 44.9 Å². The Labute approximate surface area is 226 Å².